The van der Waals surface area contributed by atoms with Gasteiger partial charge in [-0.05, 0) is 17.4 Å². The van der Waals surface area contributed by atoms with E-state index in [-0.39, 0.29) is 0 Å². The van der Waals surface area contributed by atoms with Gasteiger partial charge in [0.25, 0.3) is 0 Å². The normalized spacial score (nSPS) is 35.6. The quantitative estimate of drug-likeness (QED) is 0.603. The van der Waals surface area contributed by atoms with Crippen LogP contribution in [-0.4, -0.2) is 16.7 Å². The van der Waals surface area contributed by atoms with Crippen LogP contribution in [0.3, 0.4) is 0 Å². The number of hydrogen-bond acceptors (Lipinski definition) is 1. The van der Waals surface area contributed by atoms with E-state index in [1.807, 2.05) is 0 Å². The molecular formula is C6H11FO2P+. The van der Waals surface area contributed by atoms with Gasteiger partial charge in [-0.15, -0.1) is 0 Å². The minimum Gasteiger partial charge on any atom is -0.242 e. The summed E-state index contributed by atoms with van der Waals surface area (Å²) in [6.07, 6.45) is 1.76. The summed E-state index contributed by atoms with van der Waals surface area (Å²) >= 11 is 0. The third-order valence-electron chi connectivity index (χ3n) is 1.93. The van der Waals surface area contributed by atoms with Crippen LogP contribution in [0.5, 0.6) is 0 Å². The Hall–Kier alpha value is -0.0100. The molecule has 1 saturated carbocycles. The smallest absolute Gasteiger partial charge is 0.242 e. The predicted octanol–water partition coefficient (Wildman–Crippen LogP) is 2.00. The molecule has 1 aliphatic carbocycles. The maximum absolute atomic E-state index is 12.8. The van der Waals surface area contributed by atoms with Crippen LogP contribution in [0.15, 0.2) is 0 Å². The topological polar surface area (TPSA) is 37.3 Å². The first-order chi connectivity index (χ1) is 4.72. The molecule has 1 fully saturated rings. The zero-order valence-electron chi connectivity index (χ0n) is 5.66. The Kier molecular flexibility index (Phi) is 2.75. The Morgan fingerprint density at radius 3 is 2.40 bits per heavy atom. The lowest BCUT2D eigenvalue weighted by Crippen LogP contribution is -2.22. The maximum atomic E-state index is 12.8. The minimum absolute atomic E-state index is 0.465. The van der Waals surface area contributed by atoms with Gasteiger partial charge < -0.3 is 0 Å². The molecule has 58 valence electrons. The zero-order valence-corrected chi connectivity index (χ0v) is 6.56. The molecule has 0 aliphatic heterocycles. The number of rotatable bonds is 1. The van der Waals surface area contributed by atoms with Gasteiger partial charge in [0.15, 0.2) is 0 Å². The molecule has 1 N–H and O–H groups in total. The Bertz CT molecular complexity index is 140. The molecule has 1 aliphatic rings. The summed E-state index contributed by atoms with van der Waals surface area (Å²) in [5, 5.41) is 0. The summed E-state index contributed by atoms with van der Waals surface area (Å²) in [4.78, 5) is 8.62. The van der Waals surface area contributed by atoms with E-state index in [9.17, 15) is 8.96 Å². The van der Waals surface area contributed by atoms with Crippen LogP contribution < -0.4 is 0 Å². The summed E-state index contributed by atoms with van der Waals surface area (Å²) in [7, 11) is -2.28. The molecule has 2 nitrogen and oxygen atoms in total. The van der Waals surface area contributed by atoms with Crippen LogP contribution in [0, 0.1) is 0 Å². The van der Waals surface area contributed by atoms with Crippen molar-refractivity contribution in [2.45, 2.75) is 37.5 Å². The summed E-state index contributed by atoms with van der Waals surface area (Å²) in [6.45, 7) is 0. The van der Waals surface area contributed by atoms with E-state index < -0.39 is 19.9 Å². The molecule has 1 rings (SSSR count). The average Bonchev–Trinajstić information content (AvgIpc) is 1.88. The molecule has 0 radical (unpaired) electrons. The van der Waals surface area contributed by atoms with E-state index in [0.717, 1.165) is 12.8 Å². The van der Waals surface area contributed by atoms with E-state index in [1.165, 1.54) is 0 Å². The van der Waals surface area contributed by atoms with Crippen LogP contribution >= 0.6 is 8.03 Å². The largest absolute Gasteiger partial charge is 0.511 e. The van der Waals surface area contributed by atoms with Crippen molar-refractivity contribution in [2.24, 2.45) is 0 Å². The van der Waals surface area contributed by atoms with Crippen molar-refractivity contribution in [3.05, 3.63) is 0 Å². The van der Waals surface area contributed by atoms with E-state index >= 15 is 0 Å². The van der Waals surface area contributed by atoms with Crippen LogP contribution in [0.4, 0.5) is 4.39 Å². The summed E-state index contributed by atoms with van der Waals surface area (Å²) in [6, 6.07) is 0. The fraction of sp³-hybridized carbons (Fsp3) is 1.00. The molecule has 10 heavy (non-hydrogen) atoms. The number of halogens is 1. The van der Waals surface area contributed by atoms with Gasteiger partial charge in [-0.25, -0.2) is 4.39 Å². The molecule has 0 heterocycles. The van der Waals surface area contributed by atoms with Crippen LogP contribution in [0.1, 0.15) is 25.7 Å². The van der Waals surface area contributed by atoms with Crippen molar-refractivity contribution in [2.75, 3.05) is 0 Å². The molecule has 3 atom stereocenters. The highest BCUT2D eigenvalue weighted by Gasteiger charge is 2.39. The van der Waals surface area contributed by atoms with Crippen molar-refractivity contribution < 1.29 is 13.8 Å². The maximum Gasteiger partial charge on any atom is 0.511 e. The third kappa shape index (κ3) is 1.74. The SMILES string of the molecule is O=[P+](O)C1CCCCC1F. The van der Waals surface area contributed by atoms with Gasteiger partial charge in [-0.2, -0.15) is 4.89 Å². The first-order valence-electron chi connectivity index (χ1n) is 3.51. The molecule has 0 aromatic rings. The summed E-state index contributed by atoms with van der Waals surface area (Å²) in [5.41, 5.74) is -0.580. The first kappa shape index (κ1) is 8.09. The molecule has 0 spiro atoms. The molecule has 0 saturated heterocycles. The lowest BCUT2D eigenvalue weighted by Gasteiger charge is -2.15. The highest BCUT2D eigenvalue weighted by molar-refractivity contribution is 7.39. The van der Waals surface area contributed by atoms with Crippen LogP contribution in [0.25, 0.3) is 0 Å². The second-order valence-corrected chi connectivity index (χ2v) is 3.94. The Labute approximate surface area is 60.3 Å². The van der Waals surface area contributed by atoms with Crippen LogP contribution in [0.2, 0.25) is 0 Å². The van der Waals surface area contributed by atoms with Crippen molar-refractivity contribution >= 4 is 8.03 Å². The monoisotopic (exact) mass is 165 g/mol. The van der Waals surface area contributed by atoms with E-state index in [1.54, 1.807) is 0 Å². The summed E-state index contributed by atoms with van der Waals surface area (Å²) in [5.74, 6) is 0. The molecular weight excluding hydrogens is 154 g/mol. The van der Waals surface area contributed by atoms with E-state index in [0.29, 0.717) is 12.8 Å². The lowest BCUT2D eigenvalue weighted by molar-refractivity contribution is 0.247. The number of hydrogen-bond donors (Lipinski definition) is 1. The highest BCUT2D eigenvalue weighted by Crippen LogP contribution is 2.36. The molecule has 0 bridgehead atoms. The Morgan fingerprint density at radius 2 is 2.00 bits per heavy atom. The Morgan fingerprint density at radius 1 is 1.40 bits per heavy atom. The van der Waals surface area contributed by atoms with Gasteiger partial charge >= 0.3 is 8.03 Å². The molecule has 0 aromatic carbocycles. The lowest BCUT2D eigenvalue weighted by atomic mass is 9.98. The van der Waals surface area contributed by atoms with Crippen molar-refractivity contribution in [1.29, 1.82) is 0 Å². The fourth-order valence-corrected chi connectivity index (χ4v) is 2.14. The third-order valence-corrected chi connectivity index (χ3v) is 3.08. The molecule has 4 heteroatoms. The minimum atomic E-state index is -2.28. The van der Waals surface area contributed by atoms with Crippen molar-refractivity contribution in [1.82, 2.24) is 0 Å². The first-order valence-corrected chi connectivity index (χ1v) is 4.79. The Balaban J connectivity index is 2.47. The predicted molar refractivity (Wildman–Crippen MR) is 37.0 cm³/mol. The van der Waals surface area contributed by atoms with E-state index in [2.05, 4.69) is 0 Å². The molecule has 0 aromatic heterocycles. The highest BCUT2D eigenvalue weighted by atomic mass is 31.1. The van der Waals surface area contributed by atoms with Gasteiger partial charge in [0.1, 0.15) is 6.17 Å². The van der Waals surface area contributed by atoms with Gasteiger partial charge in [0.2, 0.25) is 5.66 Å². The van der Waals surface area contributed by atoms with Gasteiger partial charge in [-0.1, -0.05) is 6.42 Å². The fourth-order valence-electron chi connectivity index (χ4n) is 1.31. The molecule has 3 unspecified atom stereocenters. The van der Waals surface area contributed by atoms with Gasteiger partial charge in [-0.3, -0.25) is 0 Å². The molecule has 0 amide bonds. The zero-order chi connectivity index (χ0) is 7.56. The second-order valence-electron chi connectivity index (χ2n) is 2.67. The standard InChI is InChI=1S/C6H10FO2P/c7-5-3-1-2-4-6(5)10(8)9/h5-6H,1-4H2/p+1. The van der Waals surface area contributed by atoms with Crippen molar-refractivity contribution in [3.8, 4) is 0 Å². The van der Waals surface area contributed by atoms with Crippen molar-refractivity contribution in [3.63, 3.8) is 0 Å². The average molecular weight is 165 g/mol. The van der Waals surface area contributed by atoms with Gasteiger partial charge in [0, 0.05) is 6.42 Å². The van der Waals surface area contributed by atoms with Gasteiger partial charge in [0.05, 0.1) is 0 Å². The number of alkyl halides is 1. The summed E-state index contributed by atoms with van der Waals surface area (Å²) < 4.78 is 23.2. The second kappa shape index (κ2) is 3.40. The van der Waals surface area contributed by atoms with Crippen LogP contribution in [-0.2, 0) is 4.57 Å². The van der Waals surface area contributed by atoms with E-state index in [4.69, 9.17) is 4.89 Å².